The van der Waals surface area contributed by atoms with Gasteiger partial charge in [-0.3, -0.25) is 4.79 Å². The van der Waals surface area contributed by atoms with E-state index in [1.807, 2.05) is 28.6 Å². The minimum Gasteiger partial charge on any atom is -0.350 e. The molecule has 1 saturated heterocycles. The second-order valence-corrected chi connectivity index (χ2v) is 6.91. The Labute approximate surface area is 121 Å². The van der Waals surface area contributed by atoms with Crippen LogP contribution in [0, 0.1) is 0 Å². The number of aryl methyl sites for hydroxylation is 1. The standard InChI is InChI=1S/C13H19BrN2OS/c1-2-5-16-9-10(14)7-12(16)13(17)15-8-11-4-3-6-18-11/h7,9,11H,2-6,8H2,1H3,(H,15,17). The SMILES string of the molecule is CCCn1cc(Br)cc1C(=O)NCC1CCCS1. The normalized spacial score (nSPS) is 19.1. The summed E-state index contributed by atoms with van der Waals surface area (Å²) in [6.07, 6.45) is 5.51. The molecule has 2 rings (SSSR count). The quantitative estimate of drug-likeness (QED) is 0.898. The molecule has 0 saturated carbocycles. The number of nitrogens with one attached hydrogen (secondary N) is 1. The van der Waals surface area contributed by atoms with E-state index in [0.717, 1.165) is 29.7 Å². The first kappa shape index (κ1) is 14.0. The van der Waals surface area contributed by atoms with Crippen LogP contribution in [0.15, 0.2) is 16.7 Å². The summed E-state index contributed by atoms with van der Waals surface area (Å²) in [5, 5.41) is 3.66. The van der Waals surface area contributed by atoms with Crippen molar-refractivity contribution in [2.45, 2.75) is 38.0 Å². The molecule has 1 N–H and O–H groups in total. The molecule has 0 aliphatic carbocycles. The van der Waals surface area contributed by atoms with Crippen molar-refractivity contribution in [3.63, 3.8) is 0 Å². The molecule has 1 unspecified atom stereocenters. The third-order valence-electron chi connectivity index (χ3n) is 3.07. The average molecular weight is 331 g/mol. The van der Waals surface area contributed by atoms with E-state index in [4.69, 9.17) is 0 Å². The molecular formula is C13H19BrN2OS. The zero-order chi connectivity index (χ0) is 13.0. The largest absolute Gasteiger partial charge is 0.350 e. The smallest absolute Gasteiger partial charge is 0.267 e. The van der Waals surface area contributed by atoms with Crippen molar-refractivity contribution in [2.75, 3.05) is 12.3 Å². The summed E-state index contributed by atoms with van der Waals surface area (Å²) in [4.78, 5) is 12.1. The van der Waals surface area contributed by atoms with Crippen LogP contribution in [-0.4, -0.2) is 28.0 Å². The van der Waals surface area contributed by atoms with Crippen molar-refractivity contribution in [3.05, 3.63) is 22.4 Å². The van der Waals surface area contributed by atoms with Gasteiger partial charge >= 0.3 is 0 Å². The van der Waals surface area contributed by atoms with E-state index in [9.17, 15) is 4.79 Å². The number of hydrogen-bond donors (Lipinski definition) is 1. The predicted octanol–water partition coefficient (Wildman–Crippen LogP) is 3.29. The van der Waals surface area contributed by atoms with Gasteiger partial charge in [0.25, 0.3) is 5.91 Å². The third-order valence-corrected chi connectivity index (χ3v) is 4.91. The van der Waals surface area contributed by atoms with Crippen LogP contribution in [0.4, 0.5) is 0 Å². The first-order valence-electron chi connectivity index (χ1n) is 6.46. The van der Waals surface area contributed by atoms with Crippen molar-refractivity contribution in [1.29, 1.82) is 0 Å². The Bertz CT molecular complexity index is 413. The first-order valence-corrected chi connectivity index (χ1v) is 8.30. The van der Waals surface area contributed by atoms with Crippen molar-refractivity contribution in [2.24, 2.45) is 0 Å². The molecule has 2 heterocycles. The van der Waals surface area contributed by atoms with E-state index in [-0.39, 0.29) is 5.91 Å². The molecule has 1 atom stereocenters. The summed E-state index contributed by atoms with van der Waals surface area (Å²) in [6.45, 7) is 3.79. The van der Waals surface area contributed by atoms with E-state index in [1.165, 1.54) is 18.6 Å². The Morgan fingerprint density at radius 1 is 1.67 bits per heavy atom. The highest BCUT2D eigenvalue weighted by molar-refractivity contribution is 9.10. The van der Waals surface area contributed by atoms with Crippen LogP contribution in [0.5, 0.6) is 0 Å². The molecule has 1 aliphatic heterocycles. The minimum atomic E-state index is 0.0432. The highest BCUT2D eigenvalue weighted by atomic mass is 79.9. The number of rotatable bonds is 5. The van der Waals surface area contributed by atoms with Crippen molar-refractivity contribution in [1.82, 2.24) is 9.88 Å². The number of carbonyl (C=O) groups is 1. The fourth-order valence-electron chi connectivity index (χ4n) is 2.19. The molecule has 0 spiro atoms. The lowest BCUT2D eigenvalue weighted by atomic mass is 10.2. The maximum atomic E-state index is 12.1. The molecule has 0 radical (unpaired) electrons. The van der Waals surface area contributed by atoms with Crippen molar-refractivity contribution in [3.8, 4) is 0 Å². The van der Waals surface area contributed by atoms with Crippen LogP contribution in [0.2, 0.25) is 0 Å². The van der Waals surface area contributed by atoms with Gasteiger partial charge in [0.05, 0.1) is 0 Å². The van der Waals surface area contributed by atoms with Gasteiger partial charge in [-0.05, 0) is 47.0 Å². The highest BCUT2D eigenvalue weighted by Gasteiger charge is 2.18. The lowest BCUT2D eigenvalue weighted by molar-refractivity contribution is 0.0944. The number of thioether (sulfide) groups is 1. The highest BCUT2D eigenvalue weighted by Crippen LogP contribution is 2.25. The Balaban J connectivity index is 1.94. The first-order chi connectivity index (χ1) is 8.70. The third kappa shape index (κ3) is 3.54. The molecular weight excluding hydrogens is 312 g/mol. The molecule has 18 heavy (non-hydrogen) atoms. The second kappa shape index (κ2) is 6.66. The molecule has 1 aliphatic rings. The Morgan fingerprint density at radius 3 is 3.17 bits per heavy atom. The van der Waals surface area contributed by atoms with Crippen LogP contribution in [0.25, 0.3) is 0 Å². The molecule has 1 fully saturated rings. The summed E-state index contributed by atoms with van der Waals surface area (Å²) in [5.41, 5.74) is 0.756. The molecule has 5 heteroatoms. The van der Waals surface area contributed by atoms with E-state index < -0.39 is 0 Å². The second-order valence-electron chi connectivity index (χ2n) is 4.58. The number of halogens is 1. The lowest BCUT2D eigenvalue weighted by Gasteiger charge is -2.11. The topological polar surface area (TPSA) is 34.0 Å². The Hall–Kier alpha value is -0.420. The van der Waals surface area contributed by atoms with Gasteiger partial charge in [-0.15, -0.1) is 0 Å². The van der Waals surface area contributed by atoms with Crippen molar-refractivity contribution >= 4 is 33.6 Å². The van der Waals surface area contributed by atoms with Crippen molar-refractivity contribution < 1.29 is 4.79 Å². The Kier molecular flexibility index (Phi) is 5.18. The number of aromatic nitrogens is 1. The van der Waals surface area contributed by atoms with E-state index in [1.54, 1.807) is 0 Å². The summed E-state index contributed by atoms with van der Waals surface area (Å²) in [5.74, 6) is 1.28. The maximum absolute atomic E-state index is 12.1. The monoisotopic (exact) mass is 330 g/mol. The van der Waals surface area contributed by atoms with E-state index in [0.29, 0.717) is 5.25 Å². The maximum Gasteiger partial charge on any atom is 0.267 e. The fourth-order valence-corrected chi connectivity index (χ4v) is 3.86. The zero-order valence-corrected chi connectivity index (χ0v) is 13.0. The van der Waals surface area contributed by atoms with Crippen LogP contribution in [0.3, 0.4) is 0 Å². The fraction of sp³-hybridized carbons (Fsp3) is 0.615. The number of nitrogens with zero attached hydrogens (tertiary/aromatic N) is 1. The molecule has 1 amide bonds. The summed E-state index contributed by atoms with van der Waals surface area (Å²) < 4.78 is 2.98. The molecule has 0 aromatic carbocycles. The van der Waals surface area contributed by atoms with Gasteiger partial charge in [-0.25, -0.2) is 0 Å². The summed E-state index contributed by atoms with van der Waals surface area (Å²) >= 11 is 5.40. The lowest BCUT2D eigenvalue weighted by Crippen LogP contribution is -2.31. The summed E-state index contributed by atoms with van der Waals surface area (Å²) in [7, 11) is 0. The Morgan fingerprint density at radius 2 is 2.50 bits per heavy atom. The van der Waals surface area contributed by atoms with Crippen LogP contribution >= 0.6 is 27.7 Å². The van der Waals surface area contributed by atoms with Gasteiger partial charge in [-0.1, -0.05) is 6.92 Å². The van der Waals surface area contributed by atoms with Crippen LogP contribution in [-0.2, 0) is 6.54 Å². The molecule has 3 nitrogen and oxygen atoms in total. The van der Waals surface area contributed by atoms with Gasteiger partial charge in [0.2, 0.25) is 0 Å². The molecule has 100 valence electrons. The van der Waals surface area contributed by atoms with E-state index in [2.05, 4.69) is 28.2 Å². The molecule has 1 aromatic rings. The molecule has 0 bridgehead atoms. The molecule has 1 aromatic heterocycles. The zero-order valence-electron chi connectivity index (χ0n) is 10.6. The minimum absolute atomic E-state index is 0.0432. The van der Waals surface area contributed by atoms with Crippen LogP contribution in [0.1, 0.15) is 36.7 Å². The van der Waals surface area contributed by atoms with Gasteiger partial charge in [-0.2, -0.15) is 11.8 Å². The number of hydrogen-bond acceptors (Lipinski definition) is 2. The van der Waals surface area contributed by atoms with Crippen LogP contribution < -0.4 is 5.32 Å². The number of amides is 1. The number of carbonyl (C=O) groups excluding carboxylic acids is 1. The van der Waals surface area contributed by atoms with E-state index >= 15 is 0 Å². The van der Waals surface area contributed by atoms with Gasteiger partial charge in [0, 0.05) is 29.0 Å². The van der Waals surface area contributed by atoms with Gasteiger partial charge in [0.15, 0.2) is 0 Å². The van der Waals surface area contributed by atoms with Gasteiger partial charge < -0.3 is 9.88 Å². The van der Waals surface area contributed by atoms with Gasteiger partial charge in [0.1, 0.15) is 5.69 Å². The average Bonchev–Trinajstić information content (AvgIpc) is 2.96. The predicted molar refractivity (Wildman–Crippen MR) is 80.2 cm³/mol. The summed E-state index contributed by atoms with van der Waals surface area (Å²) in [6, 6.07) is 1.90.